The molecule has 1 aromatic carbocycles. The quantitative estimate of drug-likeness (QED) is 0.120. The lowest BCUT2D eigenvalue weighted by atomic mass is 9.46. The van der Waals surface area contributed by atoms with Crippen LogP contribution >= 0.6 is 0 Å². The molecule has 5 nitrogen and oxygen atoms in total. The summed E-state index contributed by atoms with van der Waals surface area (Å²) in [5, 5.41) is 10.6. The van der Waals surface area contributed by atoms with Crippen LogP contribution in [0.25, 0.3) is 0 Å². The van der Waals surface area contributed by atoms with E-state index in [1.165, 1.54) is 37.7 Å². The Kier molecular flexibility index (Phi) is 13.4. The molecule has 0 aromatic heterocycles. The number of allylic oxidation sites excluding steroid dienone is 1. The number of carbonyl (C=O) groups excluding carboxylic acids is 2. The molecule has 2 fully saturated rings. The standard InChI is InChI=1S/C37H56O5/c1-6-7-8-9-10-11-15-19-33(39)41-25-22-28(2)20-21-31-29(3)26-32(42-35(40)30-17-13-12-14-18-30)34-36(4,27-38)23-16-24-37(31,34)5/h12-14,17-18,22,31-32,34,38H,3,6-11,15-16,19-21,23-27H2,1-2,4-5H3. The first-order valence-electron chi connectivity index (χ1n) is 16.5. The van der Waals surface area contributed by atoms with Crippen molar-refractivity contribution in [3.05, 3.63) is 59.7 Å². The van der Waals surface area contributed by atoms with Crippen LogP contribution < -0.4 is 0 Å². The molecule has 0 saturated heterocycles. The van der Waals surface area contributed by atoms with Crippen molar-refractivity contribution in [2.75, 3.05) is 13.2 Å². The Hall–Kier alpha value is -2.40. The molecular formula is C37H56O5. The van der Waals surface area contributed by atoms with Crippen molar-refractivity contribution >= 4 is 11.9 Å². The van der Waals surface area contributed by atoms with Gasteiger partial charge in [-0.3, -0.25) is 4.79 Å². The number of ether oxygens (including phenoxy) is 2. The monoisotopic (exact) mass is 580 g/mol. The fourth-order valence-corrected chi connectivity index (χ4v) is 7.88. The smallest absolute Gasteiger partial charge is 0.338 e. The summed E-state index contributed by atoms with van der Waals surface area (Å²) in [5.74, 6) is -0.0991. The molecule has 42 heavy (non-hydrogen) atoms. The Balaban J connectivity index is 1.57. The summed E-state index contributed by atoms with van der Waals surface area (Å²) >= 11 is 0. The first kappa shape index (κ1) is 34.1. The van der Waals surface area contributed by atoms with E-state index in [-0.39, 0.29) is 47.3 Å². The molecule has 234 valence electrons. The Labute approximate surface area is 255 Å². The number of hydrogen-bond acceptors (Lipinski definition) is 5. The Morgan fingerprint density at radius 2 is 1.71 bits per heavy atom. The zero-order valence-electron chi connectivity index (χ0n) is 26.8. The van der Waals surface area contributed by atoms with Crippen molar-refractivity contribution in [3.8, 4) is 0 Å². The molecule has 0 amide bonds. The van der Waals surface area contributed by atoms with Gasteiger partial charge in [-0.05, 0) is 74.0 Å². The van der Waals surface area contributed by atoms with E-state index in [9.17, 15) is 14.7 Å². The summed E-state index contributed by atoms with van der Waals surface area (Å²) in [6.07, 6.45) is 16.0. The Morgan fingerprint density at radius 3 is 2.40 bits per heavy atom. The van der Waals surface area contributed by atoms with Crippen molar-refractivity contribution in [1.82, 2.24) is 0 Å². The van der Waals surface area contributed by atoms with Gasteiger partial charge in [0.2, 0.25) is 0 Å². The van der Waals surface area contributed by atoms with Gasteiger partial charge in [-0.1, -0.05) is 102 Å². The van der Waals surface area contributed by atoms with Gasteiger partial charge in [-0.15, -0.1) is 0 Å². The third-order valence-electron chi connectivity index (χ3n) is 10.2. The SMILES string of the molecule is C=C1CC(OC(=O)c2ccccc2)C2C(C)(CO)CCCC2(C)C1CCC(C)=CCOC(=O)CCCCCCCCC. The maximum atomic E-state index is 13.1. The highest BCUT2D eigenvalue weighted by Crippen LogP contribution is 2.62. The van der Waals surface area contributed by atoms with Crippen LogP contribution in [0.3, 0.4) is 0 Å². The highest BCUT2D eigenvalue weighted by Gasteiger charge is 2.59. The lowest BCUT2D eigenvalue weighted by molar-refractivity contribution is -0.145. The molecule has 5 unspecified atom stereocenters. The number of fused-ring (bicyclic) bond motifs is 1. The second-order valence-corrected chi connectivity index (χ2v) is 13.5. The van der Waals surface area contributed by atoms with Gasteiger partial charge in [0, 0.05) is 25.4 Å². The minimum absolute atomic E-state index is 0.0452. The van der Waals surface area contributed by atoms with Gasteiger partial charge in [0.25, 0.3) is 0 Å². The van der Waals surface area contributed by atoms with E-state index in [2.05, 4.69) is 34.3 Å². The molecule has 5 heteroatoms. The number of benzene rings is 1. The van der Waals surface area contributed by atoms with Gasteiger partial charge >= 0.3 is 11.9 Å². The van der Waals surface area contributed by atoms with Gasteiger partial charge < -0.3 is 14.6 Å². The number of rotatable bonds is 16. The lowest BCUT2D eigenvalue weighted by Gasteiger charge is -2.60. The summed E-state index contributed by atoms with van der Waals surface area (Å²) < 4.78 is 11.7. The van der Waals surface area contributed by atoms with Crippen LogP contribution in [0.4, 0.5) is 0 Å². The van der Waals surface area contributed by atoms with Crippen molar-refractivity contribution in [2.24, 2.45) is 22.7 Å². The molecule has 0 bridgehead atoms. The molecule has 5 atom stereocenters. The molecule has 0 heterocycles. The number of carbonyl (C=O) groups is 2. The number of hydrogen-bond donors (Lipinski definition) is 1. The van der Waals surface area contributed by atoms with E-state index in [1.54, 1.807) is 12.1 Å². The lowest BCUT2D eigenvalue weighted by Crippen LogP contribution is -2.58. The van der Waals surface area contributed by atoms with E-state index in [0.717, 1.165) is 50.5 Å². The first-order valence-corrected chi connectivity index (χ1v) is 16.5. The fraction of sp³-hybridized carbons (Fsp3) is 0.676. The van der Waals surface area contributed by atoms with E-state index in [1.807, 2.05) is 24.3 Å². The average molecular weight is 581 g/mol. The number of unbranched alkanes of at least 4 members (excludes halogenated alkanes) is 6. The zero-order chi connectivity index (χ0) is 30.6. The third kappa shape index (κ3) is 9.05. The van der Waals surface area contributed by atoms with E-state index < -0.39 is 0 Å². The van der Waals surface area contributed by atoms with Gasteiger partial charge in [0.15, 0.2) is 0 Å². The summed E-state index contributed by atoms with van der Waals surface area (Å²) in [6, 6.07) is 9.17. The first-order chi connectivity index (χ1) is 20.1. The summed E-state index contributed by atoms with van der Waals surface area (Å²) in [6.45, 7) is 13.7. The normalized spacial score (nSPS) is 27.8. The van der Waals surface area contributed by atoms with Crippen LogP contribution in [-0.4, -0.2) is 36.4 Å². The molecule has 2 aliphatic carbocycles. The molecule has 0 radical (unpaired) electrons. The van der Waals surface area contributed by atoms with Crippen LogP contribution in [0.15, 0.2) is 54.1 Å². The Morgan fingerprint density at radius 1 is 1.02 bits per heavy atom. The predicted octanol–water partition coefficient (Wildman–Crippen LogP) is 9.00. The fourth-order valence-electron chi connectivity index (χ4n) is 7.88. The van der Waals surface area contributed by atoms with Crippen LogP contribution in [0, 0.1) is 22.7 Å². The zero-order valence-corrected chi connectivity index (χ0v) is 26.8. The second kappa shape index (κ2) is 16.4. The minimum Gasteiger partial charge on any atom is -0.461 e. The molecule has 3 rings (SSSR count). The van der Waals surface area contributed by atoms with Crippen molar-refractivity contribution in [2.45, 2.75) is 124 Å². The van der Waals surface area contributed by atoms with Crippen molar-refractivity contribution in [1.29, 1.82) is 0 Å². The summed E-state index contributed by atoms with van der Waals surface area (Å²) in [4.78, 5) is 25.3. The van der Waals surface area contributed by atoms with Crippen LogP contribution in [0.2, 0.25) is 0 Å². The second-order valence-electron chi connectivity index (χ2n) is 13.5. The van der Waals surface area contributed by atoms with Crippen molar-refractivity contribution in [3.63, 3.8) is 0 Å². The molecular weight excluding hydrogens is 524 g/mol. The highest BCUT2D eigenvalue weighted by molar-refractivity contribution is 5.89. The van der Waals surface area contributed by atoms with Crippen LogP contribution in [0.1, 0.15) is 128 Å². The van der Waals surface area contributed by atoms with Crippen LogP contribution in [0.5, 0.6) is 0 Å². The molecule has 1 aromatic rings. The predicted molar refractivity (Wildman–Crippen MR) is 170 cm³/mol. The van der Waals surface area contributed by atoms with Gasteiger partial charge in [-0.2, -0.15) is 0 Å². The van der Waals surface area contributed by atoms with Gasteiger partial charge in [-0.25, -0.2) is 4.79 Å². The van der Waals surface area contributed by atoms with E-state index >= 15 is 0 Å². The average Bonchev–Trinajstić information content (AvgIpc) is 2.96. The number of aliphatic hydroxyl groups excluding tert-OH is 1. The molecule has 0 spiro atoms. The van der Waals surface area contributed by atoms with Gasteiger partial charge in [0.05, 0.1) is 5.56 Å². The number of esters is 2. The Bertz CT molecular complexity index is 1050. The maximum Gasteiger partial charge on any atom is 0.338 e. The number of aliphatic hydroxyl groups is 1. The molecule has 2 aliphatic rings. The molecule has 0 aliphatic heterocycles. The van der Waals surface area contributed by atoms with E-state index in [0.29, 0.717) is 25.0 Å². The largest absolute Gasteiger partial charge is 0.461 e. The summed E-state index contributed by atoms with van der Waals surface area (Å²) in [5.41, 5.74) is 2.45. The topological polar surface area (TPSA) is 72.8 Å². The van der Waals surface area contributed by atoms with Crippen LogP contribution in [-0.2, 0) is 14.3 Å². The highest BCUT2D eigenvalue weighted by atomic mass is 16.5. The van der Waals surface area contributed by atoms with Crippen molar-refractivity contribution < 1.29 is 24.2 Å². The third-order valence-corrected chi connectivity index (χ3v) is 10.2. The van der Waals surface area contributed by atoms with E-state index in [4.69, 9.17) is 9.47 Å². The molecule has 2 saturated carbocycles. The maximum absolute atomic E-state index is 13.1. The minimum atomic E-state index is -0.317. The molecule has 1 N–H and O–H groups in total. The van der Waals surface area contributed by atoms with Gasteiger partial charge in [0.1, 0.15) is 12.7 Å². The summed E-state index contributed by atoms with van der Waals surface area (Å²) in [7, 11) is 0.